The van der Waals surface area contributed by atoms with E-state index in [2.05, 4.69) is 20.6 Å². The highest BCUT2D eigenvalue weighted by Crippen LogP contribution is 2.48. The van der Waals surface area contributed by atoms with Crippen LogP contribution in [0.5, 0.6) is 0 Å². The lowest BCUT2D eigenvalue weighted by Gasteiger charge is -2.08. The van der Waals surface area contributed by atoms with E-state index in [1.807, 2.05) is 20.0 Å². The third-order valence-corrected chi connectivity index (χ3v) is 3.99. The zero-order valence-corrected chi connectivity index (χ0v) is 9.83. The standard InChI is InChI=1S/C12H18N4/c1-7-3-14-12(16-8(7)2)15-6-11-9-4-13-5-10(9)11/h3,9-11,13H,4-6H2,1-2H3,(H,14,15,16). The van der Waals surface area contributed by atoms with Crippen molar-refractivity contribution in [3.63, 3.8) is 0 Å². The molecule has 1 saturated heterocycles. The molecule has 2 unspecified atom stereocenters. The third kappa shape index (κ3) is 1.67. The molecule has 0 aromatic carbocycles. The number of aryl methyl sites for hydroxylation is 2. The van der Waals surface area contributed by atoms with E-state index in [1.54, 1.807) is 0 Å². The Hall–Kier alpha value is -1.16. The lowest BCUT2D eigenvalue weighted by molar-refractivity contribution is 0.613. The molecule has 2 atom stereocenters. The second-order valence-corrected chi connectivity index (χ2v) is 4.99. The number of nitrogens with zero attached hydrogens (tertiary/aromatic N) is 2. The summed E-state index contributed by atoms with van der Waals surface area (Å²) >= 11 is 0. The summed E-state index contributed by atoms with van der Waals surface area (Å²) in [6.07, 6.45) is 1.89. The Morgan fingerprint density at radius 3 is 2.81 bits per heavy atom. The van der Waals surface area contributed by atoms with E-state index in [1.165, 1.54) is 13.1 Å². The molecule has 2 heterocycles. The van der Waals surface area contributed by atoms with Crippen LogP contribution in [0, 0.1) is 31.6 Å². The maximum atomic E-state index is 4.43. The lowest BCUT2D eigenvalue weighted by atomic mass is 10.3. The summed E-state index contributed by atoms with van der Waals surface area (Å²) in [5.41, 5.74) is 2.22. The topological polar surface area (TPSA) is 49.8 Å². The zero-order valence-electron chi connectivity index (χ0n) is 9.83. The smallest absolute Gasteiger partial charge is 0.222 e. The fourth-order valence-corrected chi connectivity index (χ4v) is 2.67. The molecule has 3 rings (SSSR count). The van der Waals surface area contributed by atoms with Crippen molar-refractivity contribution in [3.8, 4) is 0 Å². The van der Waals surface area contributed by atoms with Gasteiger partial charge in [-0.15, -0.1) is 0 Å². The van der Waals surface area contributed by atoms with Crippen LogP contribution in [-0.2, 0) is 0 Å². The molecule has 0 spiro atoms. The summed E-state index contributed by atoms with van der Waals surface area (Å²) in [5.74, 6) is 3.42. The highest BCUT2D eigenvalue weighted by Gasteiger charge is 2.52. The first kappa shape index (κ1) is 10.0. The van der Waals surface area contributed by atoms with Crippen molar-refractivity contribution in [1.82, 2.24) is 15.3 Å². The molecule has 1 aliphatic carbocycles. The second kappa shape index (κ2) is 3.70. The quantitative estimate of drug-likeness (QED) is 0.793. The van der Waals surface area contributed by atoms with Gasteiger partial charge in [0.05, 0.1) is 0 Å². The van der Waals surface area contributed by atoms with Gasteiger partial charge >= 0.3 is 0 Å². The van der Waals surface area contributed by atoms with Crippen molar-refractivity contribution in [3.05, 3.63) is 17.5 Å². The van der Waals surface area contributed by atoms with Crippen LogP contribution in [0.2, 0.25) is 0 Å². The summed E-state index contributed by atoms with van der Waals surface area (Å²) in [6, 6.07) is 0. The molecule has 4 nitrogen and oxygen atoms in total. The number of rotatable bonds is 3. The van der Waals surface area contributed by atoms with Crippen molar-refractivity contribution in [2.45, 2.75) is 13.8 Å². The van der Waals surface area contributed by atoms with Gasteiger partial charge in [-0.3, -0.25) is 0 Å². The van der Waals surface area contributed by atoms with Crippen molar-refractivity contribution in [2.24, 2.45) is 17.8 Å². The average Bonchev–Trinajstić information content (AvgIpc) is 2.72. The predicted octanol–water partition coefficient (Wildman–Crippen LogP) is 0.971. The van der Waals surface area contributed by atoms with Crippen LogP contribution in [-0.4, -0.2) is 29.6 Å². The van der Waals surface area contributed by atoms with Gasteiger partial charge in [-0.2, -0.15) is 0 Å². The minimum Gasteiger partial charge on any atom is -0.354 e. The van der Waals surface area contributed by atoms with Crippen LogP contribution in [0.1, 0.15) is 11.3 Å². The molecule has 0 radical (unpaired) electrons. The molecule has 1 aliphatic heterocycles. The Labute approximate surface area is 95.9 Å². The summed E-state index contributed by atoms with van der Waals surface area (Å²) in [7, 11) is 0. The predicted molar refractivity (Wildman–Crippen MR) is 63.3 cm³/mol. The highest BCUT2D eigenvalue weighted by atomic mass is 15.1. The molecule has 1 saturated carbocycles. The Morgan fingerprint density at radius 1 is 1.38 bits per heavy atom. The van der Waals surface area contributed by atoms with E-state index in [-0.39, 0.29) is 0 Å². The molecule has 2 aliphatic rings. The van der Waals surface area contributed by atoms with Crippen LogP contribution >= 0.6 is 0 Å². The number of nitrogens with one attached hydrogen (secondary N) is 2. The molecule has 2 N–H and O–H groups in total. The number of piperidine rings is 1. The van der Waals surface area contributed by atoms with Gasteiger partial charge in [-0.1, -0.05) is 0 Å². The fourth-order valence-electron chi connectivity index (χ4n) is 2.67. The number of aromatic nitrogens is 2. The van der Waals surface area contributed by atoms with Crippen molar-refractivity contribution >= 4 is 5.95 Å². The number of hydrogen-bond acceptors (Lipinski definition) is 4. The van der Waals surface area contributed by atoms with Crippen LogP contribution in [0.3, 0.4) is 0 Å². The first-order valence-corrected chi connectivity index (χ1v) is 6.00. The van der Waals surface area contributed by atoms with Crippen LogP contribution < -0.4 is 10.6 Å². The minimum atomic E-state index is 0.779. The maximum Gasteiger partial charge on any atom is 0.222 e. The van der Waals surface area contributed by atoms with Crippen LogP contribution in [0.15, 0.2) is 6.20 Å². The van der Waals surface area contributed by atoms with Gasteiger partial charge in [-0.25, -0.2) is 9.97 Å². The normalized spacial score (nSPS) is 31.2. The summed E-state index contributed by atoms with van der Waals surface area (Å²) in [4.78, 5) is 8.72. The minimum absolute atomic E-state index is 0.779. The van der Waals surface area contributed by atoms with Gasteiger partial charge in [0.1, 0.15) is 0 Å². The summed E-state index contributed by atoms with van der Waals surface area (Å²) in [6.45, 7) is 7.49. The molecule has 2 fully saturated rings. The average molecular weight is 218 g/mol. The molecular weight excluding hydrogens is 200 g/mol. The molecule has 0 bridgehead atoms. The van der Waals surface area contributed by atoms with Crippen molar-refractivity contribution in [1.29, 1.82) is 0 Å². The van der Waals surface area contributed by atoms with Crippen molar-refractivity contribution < 1.29 is 0 Å². The summed E-state index contributed by atoms with van der Waals surface area (Å²) in [5, 5.41) is 6.76. The van der Waals surface area contributed by atoms with E-state index >= 15 is 0 Å². The van der Waals surface area contributed by atoms with Gasteiger partial charge < -0.3 is 10.6 Å². The monoisotopic (exact) mass is 218 g/mol. The Bertz CT molecular complexity index is 394. The van der Waals surface area contributed by atoms with E-state index in [4.69, 9.17) is 0 Å². The third-order valence-electron chi connectivity index (χ3n) is 3.99. The Kier molecular flexibility index (Phi) is 2.32. The first-order chi connectivity index (χ1) is 7.75. The highest BCUT2D eigenvalue weighted by molar-refractivity contribution is 5.29. The Balaban J connectivity index is 1.57. The van der Waals surface area contributed by atoms with E-state index in [0.717, 1.165) is 41.5 Å². The van der Waals surface area contributed by atoms with E-state index in [0.29, 0.717) is 0 Å². The number of hydrogen-bond donors (Lipinski definition) is 2. The van der Waals surface area contributed by atoms with Gasteiger partial charge in [0.25, 0.3) is 0 Å². The molecule has 1 aromatic rings. The molecule has 4 heteroatoms. The number of anilines is 1. The van der Waals surface area contributed by atoms with Gasteiger partial charge in [0, 0.05) is 18.4 Å². The number of fused-ring (bicyclic) bond motifs is 1. The Morgan fingerprint density at radius 2 is 2.12 bits per heavy atom. The molecule has 1 aromatic heterocycles. The molecule has 86 valence electrons. The largest absolute Gasteiger partial charge is 0.354 e. The SMILES string of the molecule is Cc1cnc(NCC2C3CNCC32)nc1C. The molecule has 0 amide bonds. The van der Waals surface area contributed by atoms with Crippen LogP contribution in [0.4, 0.5) is 5.95 Å². The van der Waals surface area contributed by atoms with Gasteiger partial charge in [0.2, 0.25) is 5.95 Å². The van der Waals surface area contributed by atoms with Crippen LogP contribution in [0.25, 0.3) is 0 Å². The zero-order chi connectivity index (χ0) is 11.1. The molecule has 16 heavy (non-hydrogen) atoms. The first-order valence-electron chi connectivity index (χ1n) is 6.00. The van der Waals surface area contributed by atoms with Crippen molar-refractivity contribution in [2.75, 3.05) is 25.0 Å². The van der Waals surface area contributed by atoms with E-state index < -0.39 is 0 Å². The van der Waals surface area contributed by atoms with E-state index in [9.17, 15) is 0 Å². The maximum absolute atomic E-state index is 4.43. The van der Waals surface area contributed by atoms with Gasteiger partial charge in [0.15, 0.2) is 0 Å². The lowest BCUT2D eigenvalue weighted by Crippen LogP contribution is -2.19. The second-order valence-electron chi connectivity index (χ2n) is 4.99. The molecular formula is C12H18N4. The van der Waals surface area contributed by atoms with Gasteiger partial charge in [-0.05, 0) is 50.3 Å². The summed E-state index contributed by atoms with van der Waals surface area (Å²) < 4.78 is 0. The fraction of sp³-hybridized carbons (Fsp3) is 0.667.